The molecule has 0 N–H and O–H groups in total. The Labute approximate surface area is 141 Å². The standard InChI is InChI=1S/C19H20N2OS/c1-23-17-7-3-2-5-15(17)18-16(6-4-10-20-18)19(22)21-12-13-8-9-14(21)11-13/h2-7,10,13-14H,8-9,11-12H2,1H3/t13-,14+/m0/s1. The zero-order chi connectivity index (χ0) is 15.8. The molecule has 2 aromatic rings. The first-order chi connectivity index (χ1) is 11.3. The van der Waals surface area contributed by atoms with Gasteiger partial charge >= 0.3 is 0 Å². The highest BCUT2D eigenvalue weighted by molar-refractivity contribution is 7.98. The van der Waals surface area contributed by atoms with Crippen LogP contribution < -0.4 is 0 Å². The molecule has 4 heteroatoms. The number of rotatable bonds is 3. The van der Waals surface area contributed by atoms with E-state index in [1.807, 2.05) is 24.3 Å². The van der Waals surface area contributed by atoms with Crippen molar-refractivity contribution in [1.82, 2.24) is 9.88 Å². The molecule has 1 aliphatic carbocycles. The Balaban J connectivity index is 1.74. The Bertz CT molecular complexity index is 746. The smallest absolute Gasteiger partial charge is 0.256 e. The molecule has 1 aliphatic heterocycles. The van der Waals surface area contributed by atoms with Crippen molar-refractivity contribution >= 4 is 17.7 Å². The Morgan fingerprint density at radius 3 is 2.83 bits per heavy atom. The topological polar surface area (TPSA) is 33.2 Å². The van der Waals surface area contributed by atoms with Gasteiger partial charge in [-0.25, -0.2) is 0 Å². The van der Waals surface area contributed by atoms with Crippen LogP contribution in [0.3, 0.4) is 0 Å². The van der Waals surface area contributed by atoms with Crippen LogP contribution in [0.4, 0.5) is 0 Å². The van der Waals surface area contributed by atoms with Gasteiger partial charge in [0, 0.05) is 29.2 Å². The van der Waals surface area contributed by atoms with Gasteiger partial charge in [0.25, 0.3) is 5.91 Å². The van der Waals surface area contributed by atoms with Gasteiger partial charge in [-0.1, -0.05) is 18.2 Å². The van der Waals surface area contributed by atoms with Crippen LogP contribution in [0.5, 0.6) is 0 Å². The van der Waals surface area contributed by atoms with Crippen molar-refractivity contribution in [2.24, 2.45) is 5.92 Å². The van der Waals surface area contributed by atoms with Gasteiger partial charge in [0.15, 0.2) is 0 Å². The molecule has 1 aromatic carbocycles. The van der Waals surface area contributed by atoms with Crippen LogP contribution >= 0.6 is 11.8 Å². The first kappa shape index (κ1) is 14.8. The van der Waals surface area contributed by atoms with E-state index in [0.29, 0.717) is 12.0 Å². The molecule has 1 saturated carbocycles. The number of carbonyl (C=O) groups is 1. The van der Waals surface area contributed by atoms with Crippen molar-refractivity contribution < 1.29 is 4.79 Å². The number of likely N-dealkylation sites (tertiary alicyclic amines) is 1. The number of thioether (sulfide) groups is 1. The highest BCUT2D eigenvalue weighted by atomic mass is 32.2. The summed E-state index contributed by atoms with van der Waals surface area (Å²) in [5.74, 6) is 0.860. The number of pyridine rings is 1. The molecule has 0 radical (unpaired) electrons. The van der Waals surface area contributed by atoms with Gasteiger partial charge in [-0.3, -0.25) is 9.78 Å². The zero-order valence-electron chi connectivity index (χ0n) is 13.2. The fourth-order valence-electron chi connectivity index (χ4n) is 3.96. The van der Waals surface area contributed by atoms with E-state index in [0.717, 1.165) is 34.7 Å². The molecule has 2 aliphatic rings. The minimum absolute atomic E-state index is 0.149. The molecule has 4 rings (SSSR count). The maximum Gasteiger partial charge on any atom is 0.256 e. The third-order valence-electron chi connectivity index (χ3n) is 5.07. The summed E-state index contributed by atoms with van der Waals surface area (Å²) in [5, 5.41) is 0. The van der Waals surface area contributed by atoms with Crippen molar-refractivity contribution in [3.05, 3.63) is 48.2 Å². The SMILES string of the molecule is CSc1ccccc1-c1ncccc1C(=O)N1C[C@H]2CC[C@@H]1C2. The van der Waals surface area contributed by atoms with Crippen molar-refractivity contribution in [2.45, 2.75) is 30.2 Å². The first-order valence-electron chi connectivity index (χ1n) is 8.17. The Kier molecular flexibility index (Phi) is 3.85. The molecule has 0 unspecified atom stereocenters. The molecule has 2 bridgehead atoms. The van der Waals surface area contributed by atoms with E-state index in [4.69, 9.17) is 0 Å². The molecule has 3 nitrogen and oxygen atoms in total. The second-order valence-electron chi connectivity index (χ2n) is 6.39. The molecule has 0 spiro atoms. The summed E-state index contributed by atoms with van der Waals surface area (Å²) in [5.41, 5.74) is 2.60. The number of amides is 1. The maximum absolute atomic E-state index is 13.1. The Morgan fingerprint density at radius 1 is 1.22 bits per heavy atom. The lowest BCUT2D eigenvalue weighted by molar-refractivity contribution is 0.0704. The highest BCUT2D eigenvalue weighted by Gasteiger charge is 2.41. The predicted octanol–water partition coefficient (Wildman–Crippen LogP) is 4.10. The molecular formula is C19H20N2OS. The fourth-order valence-corrected chi connectivity index (χ4v) is 4.56. The van der Waals surface area contributed by atoms with E-state index in [1.54, 1.807) is 18.0 Å². The van der Waals surface area contributed by atoms with Crippen molar-refractivity contribution in [3.8, 4) is 11.3 Å². The van der Waals surface area contributed by atoms with Crippen LogP contribution in [-0.4, -0.2) is 34.6 Å². The molecule has 2 atom stereocenters. The summed E-state index contributed by atoms with van der Waals surface area (Å²) in [7, 11) is 0. The summed E-state index contributed by atoms with van der Waals surface area (Å²) in [6.45, 7) is 0.919. The van der Waals surface area contributed by atoms with Gasteiger partial charge in [0.1, 0.15) is 0 Å². The van der Waals surface area contributed by atoms with Gasteiger partial charge in [-0.2, -0.15) is 0 Å². The number of nitrogens with zero attached hydrogens (tertiary/aromatic N) is 2. The molecule has 1 amide bonds. The number of hydrogen-bond acceptors (Lipinski definition) is 3. The van der Waals surface area contributed by atoms with Crippen LogP contribution in [0.1, 0.15) is 29.6 Å². The van der Waals surface area contributed by atoms with Crippen LogP contribution in [-0.2, 0) is 0 Å². The van der Waals surface area contributed by atoms with Gasteiger partial charge in [-0.15, -0.1) is 11.8 Å². The fraction of sp³-hybridized carbons (Fsp3) is 0.368. The Morgan fingerprint density at radius 2 is 2.09 bits per heavy atom. The number of piperidine rings is 1. The molecule has 1 aromatic heterocycles. The second kappa shape index (κ2) is 6.00. The zero-order valence-corrected chi connectivity index (χ0v) is 14.1. The van der Waals surface area contributed by atoms with E-state index < -0.39 is 0 Å². The summed E-state index contributed by atoms with van der Waals surface area (Å²) < 4.78 is 0. The summed E-state index contributed by atoms with van der Waals surface area (Å²) >= 11 is 1.69. The maximum atomic E-state index is 13.1. The average Bonchev–Trinajstić information content (AvgIpc) is 3.24. The van der Waals surface area contributed by atoms with E-state index in [9.17, 15) is 4.79 Å². The molecule has 2 heterocycles. The normalized spacial score (nSPS) is 22.6. The van der Waals surface area contributed by atoms with Crippen LogP contribution in [0.25, 0.3) is 11.3 Å². The summed E-state index contributed by atoms with van der Waals surface area (Å²) in [6, 6.07) is 12.4. The average molecular weight is 324 g/mol. The minimum Gasteiger partial charge on any atom is -0.335 e. The first-order valence-corrected chi connectivity index (χ1v) is 9.40. The van der Waals surface area contributed by atoms with E-state index >= 15 is 0 Å². The molecule has 118 valence electrons. The second-order valence-corrected chi connectivity index (χ2v) is 7.24. The molecule has 1 saturated heterocycles. The lowest BCUT2D eigenvalue weighted by Crippen LogP contribution is -2.38. The third kappa shape index (κ3) is 2.55. The molecule has 2 fully saturated rings. The number of hydrogen-bond donors (Lipinski definition) is 0. The predicted molar refractivity (Wildman–Crippen MR) is 93.6 cm³/mol. The molecule has 23 heavy (non-hydrogen) atoms. The van der Waals surface area contributed by atoms with Crippen molar-refractivity contribution in [3.63, 3.8) is 0 Å². The van der Waals surface area contributed by atoms with Crippen LogP contribution in [0.15, 0.2) is 47.5 Å². The monoisotopic (exact) mass is 324 g/mol. The summed E-state index contributed by atoms with van der Waals surface area (Å²) in [4.78, 5) is 20.9. The third-order valence-corrected chi connectivity index (χ3v) is 5.87. The summed E-state index contributed by atoms with van der Waals surface area (Å²) in [6.07, 6.45) is 7.46. The number of aromatic nitrogens is 1. The van der Waals surface area contributed by atoms with Gasteiger partial charge in [-0.05, 0) is 49.6 Å². The van der Waals surface area contributed by atoms with Crippen LogP contribution in [0, 0.1) is 5.92 Å². The highest BCUT2D eigenvalue weighted by Crippen LogP contribution is 2.39. The largest absolute Gasteiger partial charge is 0.335 e. The minimum atomic E-state index is 0.149. The number of benzene rings is 1. The molecular weight excluding hydrogens is 304 g/mol. The van der Waals surface area contributed by atoms with Crippen LogP contribution in [0.2, 0.25) is 0 Å². The van der Waals surface area contributed by atoms with Gasteiger partial charge in [0.05, 0.1) is 11.3 Å². The van der Waals surface area contributed by atoms with Gasteiger partial charge < -0.3 is 4.90 Å². The van der Waals surface area contributed by atoms with Crippen molar-refractivity contribution in [1.29, 1.82) is 0 Å². The lowest BCUT2D eigenvalue weighted by atomic mass is 10.0. The Hall–Kier alpha value is -1.81. The van der Waals surface area contributed by atoms with E-state index in [2.05, 4.69) is 28.3 Å². The quantitative estimate of drug-likeness (QED) is 0.797. The van der Waals surface area contributed by atoms with E-state index in [1.165, 1.54) is 12.8 Å². The van der Waals surface area contributed by atoms with Crippen molar-refractivity contribution in [2.75, 3.05) is 12.8 Å². The lowest BCUT2D eigenvalue weighted by Gasteiger charge is -2.27. The number of fused-ring (bicyclic) bond motifs is 2. The number of carbonyl (C=O) groups excluding carboxylic acids is 1. The van der Waals surface area contributed by atoms with Gasteiger partial charge in [0.2, 0.25) is 0 Å². The van der Waals surface area contributed by atoms with E-state index in [-0.39, 0.29) is 5.91 Å².